The first-order valence-electron chi connectivity index (χ1n) is 6.73. The predicted octanol–water partition coefficient (Wildman–Crippen LogP) is 1.11. The summed E-state index contributed by atoms with van der Waals surface area (Å²) in [5.41, 5.74) is -0.0871. The highest BCUT2D eigenvalue weighted by molar-refractivity contribution is 5.68. The van der Waals surface area contributed by atoms with Crippen LogP contribution in [0.3, 0.4) is 0 Å². The van der Waals surface area contributed by atoms with Gasteiger partial charge in [-0.05, 0) is 27.2 Å². The smallest absolute Gasteiger partial charge is 0.410 e. The predicted molar refractivity (Wildman–Crippen MR) is 65.8 cm³/mol. The maximum atomic E-state index is 12.0. The summed E-state index contributed by atoms with van der Waals surface area (Å²) in [6.45, 7) is 8.69. The Balaban J connectivity index is 1.95. The number of quaternary nitrogens is 1. The zero-order chi connectivity index (χ0) is 12.5. The average molecular weight is 241 g/mol. The largest absolute Gasteiger partial charge is 0.444 e. The van der Waals surface area contributed by atoms with Crippen LogP contribution < -0.4 is 5.32 Å². The van der Waals surface area contributed by atoms with E-state index in [-0.39, 0.29) is 11.7 Å². The second-order valence-corrected chi connectivity index (χ2v) is 6.46. The Bertz CT molecular complexity index is 290. The minimum absolute atomic E-state index is 0.142. The molecular weight excluding hydrogens is 216 g/mol. The Hall–Kier alpha value is -0.770. The van der Waals surface area contributed by atoms with Gasteiger partial charge in [0, 0.05) is 25.8 Å². The topological polar surface area (TPSA) is 46.1 Å². The quantitative estimate of drug-likeness (QED) is 0.690. The lowest BCUT2D eigenvalue weighted by molar-refractivity contribution is -0.709. The van der Waals surface area contributed by atoms with Crippen LogP contribution in [0, 0.1) is 0 Å². The van der Waals surface area contributed by atoms with Crippen LogP contribution in [-0.4, -0.2) is 41.8 Å². The van der Waals surface area contributed by atoms with E-state index in [9.17, 15) is 4.79 Å². The summed E-state index contributed by atoms with van der Waals surface area (Å²) < 4.78 is 5.45. The molecule has 0 saturated carbocycles. The number of hydrogen-bond donors (Lipinski definition) is 1. The molecule has 1 spiro atoms. The molecule has 0 aromatic heterocycles. The maximum Gasteiger partial charge on any atom is 0.410 e. The second kappa shape index (κ2) is 4.48. The number of rotatable bonds is 0. The van der Waals surface area contributed by atoms with Gasteiger partial charge in [0.25, 0.3) is 0 Å². The number of piperidine rings is 1. The zero-order valence-corrected chi connectivity index (χ0v) is 11.3. The molecule has 98 valence electrons. The van der Waals surface area contributed by atoms with Gasteiger partial charge in [-0.15, -0.1) is 0 Å². The van der Waals surface area contributed by atoms with Gasteiger partial charge >= 0.3 is 6.09 Å². The highest BCUT2D eigenvalue weighted by atomic mass is 16.6. The van der Waals surface area contributed by atoms with Gasteiger partial charge in [-0.2, -0.15) is 0 Å². The van der Waals surface area contributed by atoms with E-state index in [1.54, 1.807) is 0 Å². The first kappa shape index (κ1) is 12.7. The summed E-state index contributed by atoms with van der Waals surface area (Å²) in [6, 6.07) is 0. The van der Waals surface area contributed by atoms with Crippen molar-refractivity contribution in [2.24, 2.45) is 0 Å². The zero-order valence-electron chi connectivity index (χ0n) is 11.3. The third-order valence-corrected chi connectivity index (χ3v) is 3.72. The van der Waals surface area contributed by atoms with Crippen LogP contribution in [0.2, 0.25) is 0 Å². The molecule has 17 heavy (non-hydrogen) atoms. The number of ether oxygens (including phenoxy) is 1. The van der Waals surface area contributed by atoms with Crippen LogP contribution in [0.5, 0.6) is 0 Å². The van der Waals surface area contributed by atoms with Crippen LogP contribution in [0.1, 0.15) is 46.5 Å². The Labute approximate surface area is 104 Å². The third kappa shape index (κ3) is 3.12. The first-order chi connectivity index (χ1) is 7.90. The highest BCUT2D eigenvalue weighted by Crippen LogP contribution is 2.25. The van der Waals surface area contributed by atoms with Crippen molar-refractivity contribution in [2.75, 3.05) is 19.6 Å². The lowest BCUT2D eigenvalue weighted by Crippen LogP contribution is -2.96. The van der Waals surface area contributed by atoms with Gasteiger partial charge in [0.1, 0.15) is 11.1 Å². The third-order valence-electron chi connectivity index (χ3n) is 3.72. The Morgan fingerprint density at radius 1 is 1.29 bits per heavy atom. The number of amides is 1. The fourth-order valence-electron chi connectivity index (χ4n) is 2.98. The Morgan fingerprint density at radius 3 is 2.59 bits per heavy atom. The molecular formula is C13H25N2O2+. The fourth-order valence-corrected chi connectivity index (χ4v) is 2.98. The van der Waals surface area contributed by atoms with Crippen LogP contribution in [0.25, 0.3) is 0 Å². The molecule has 0 aromatic rings. The van der Waals surface area contributed by atoms with Crippen molar-refractivity contribution in [3.63, 3.8) is 0 Å². The summed E-state index contributed by atoms with van der Waals surface area (Å²) >= 11 is 0. The molecule has 0 aromatic carbocycles. The fraction of sp³-hybridized carbons (Fsp3) is 0.923. The van der Waals surface area contributed by atoms with Crippen LogP contribution in [-0.2, 0) is 4.74 Å². The van der Waals surface area contributed by atoms with Crippen molar-refractivity contribution in [3.8, 4) is 0 Å². The molecule has 2 aliphatic heterocycles. The number of likely N-dealkylation sites (tertiary alicyclic amines) is 1. The van der Waals surface area contributed by atoms with Crippen LogP contribution in [0.4, 0.5) is 4.79 Å². The molecule has 0 radical (unpaired) electrons. The van der Waals surface area contributed by atoms with Crippen molar-refractivity contribution in [1.82, 2.24) is 4.90 Å². The molecule has 2 aliphatic rings. The molecule has 2 fully saturated rings. The van der Waals surface area contributed by atoms with Gasteiger partial charge in [0.2, 0.25) is 0 Å². The number of carbonyl (C=O) groups excluding carboxylic acids is 1. The van der Waals surface area contributed by atoms with Gasteiger partial charge in [-0.1, -0.05) is 0 Å². The molecule has 0 aliphatic carbocycles. The van der Waals surface area contributed by atoms with Gasteiger partial charge in [-0.25, -0.2) is 4.79 Å². The lowest BCUT2D eigenvalue weighted by Gasteiger charge is -2.38. The van der Waals surface area contributed by atoms with Crippen molar-refractivity contribution in [3.05, 3.63) is 0 Å². The number of nitrogens with zero attached hydrogens (tertiary/aromatic N) is 1. The molecule has 4 nitrogen and oxygen atoms in total. The van der Waals surface area contributed by atoms with Crippen molar-refractivity contribution in [1.29, 1.82) is 0 Å². The van der Waals surface area contributed by atoms with Gasteiger partial charge in [0.05, 0.1) is 13.1 Å². The van der Waals surface area contributed by atoms with Crippen molar-refractivity contribution < 1.29 is 14.8 Å². The van der Waals surface area contributed by atoms with E-state index in [2.05, 4.69) is 5.32 Å². The number of hydrogen-bond acceptors (Lipinski definition) is 2. The van der Waals surface area contributed by atoms with Crippen molar-refractivity contribution in [2.45, 2.75) is 57.6 Å². The minimum Gasteiger partial charge on any atom is -0.444 e. The van der Waals surface area contributed by atoms with E-state index in [0.717, 1.165) is 19.5 Å². The molecule has 4 heteroatoms. The summed E-state index contributed by atoms with van der Waals surface area (Å²) in [6.07, 6.45) is 4.73. The van der Waals surface area contributed by atoms with E-state index < -0.39 is 0 Å². The van der Waals surface area contributed by atoms with Gasteiger partial charge in [0.15, 0.2) is 0 Å². The standard InChI is InChI=1S/C13H24N2O2/c1-12(2,3)17-11(16)15-9-5-7-13(10-15)6-4-8-14-13/h14H,4-10H2,1-3H3/p+1/t13-/m1/s1. The van der Waals surface area contributed by atoms with Gasteiger partial charge < -0.3 is 15.0 Å². The molecule has 1 atom stereocenters. The molecule has 2 rings (SSSR count). The Morgan fingerprint density at radius 2 is 2.00 bits per heavy atom. The summed E-state index contributed by atoms with van der Waals surface area (Å²) in [5, 5.41) is 2.43. The first-order valence-corrected chi connectivity index (χ1v) is 6.73. The lowest BCUT2D eigenvalue weighted by atomic mass is 9.88. The van der Waals surface area contributed by atoms with E-state index in [4.69, 9.17) is 4.74 Å². The monoisotopic (exact) mass is 241 g/mol. The second-order valence-electron chi connectivity index (χ2n) is 6.46. The Kier molecular flexibility index (Phi) is 3.34. The highest BCUT2D eigenvalue weighted by Gasteiger charge is 2.43. The number of carbonyl (C=O) groups is 1. The molecule has 2 heterocycles. The SMILES string of the molecule is CC(C)(C)OC(=O)N1CCC[C@]2(CCC[NH2+]2)C1. The summed E-state index contributed by atoms with van der Waals surface area (Å²) in [7, 11) is 0. The molecule has 2 N–H and O–H groups in total. The van der Waals surface area contributed by atoms with Crippen LogP contribution >= 0.6 is 0 Å². The van der Waals surface area contributed by atoms with Crippen LogP contribution in [0.15, 0.2) is 0 Å². The average Bonchev–Trinajstić information content (AvgIpc) is 2.64. The summed E-state index contributed by atoms with van der Waals surface area (Å²) in [5.74, 6) is 0. The maximum absolute atomic E-state index is 12.0. The van der Waals surface area contributed by atoms with E-state index in [1.165, 1.54) is 25.8 Å². The summed E-state index contributed by atoms with van der Waals surface area (Å²) in [4.78, 5) is 13.9. The molecule has 0 bridgehead atoms. The van der Waals surface area contributed by atoms with E-state index in [1.807, 2.05) is 25.7 Å². The normalized spacial score (nSPS) is 29.7. The van der Waals surface area contributed by atoms with Crippen molar-refractivity contribution >= 4 is 6.09 Å². The van der Waals surface area contributed by atoms with Gasteiger partial charge in [-0.3, -0.25) is 0 Å². The van der Waals surface area contributed by atoms with E-state index >= 15 is 0 Å². The minimum atomic E-state index is -0.388. The molecule has 1 amide bonds. The molecule has 0 unspecified atom stereocenters. The number of nitrogens with two attached hydrogens (primary N) is 1. The van der Waals surface area contributed by atoms with E-state index in [0.29, 0.717) is 5.54 Å². The molecule has 2 saturated heterocycles.